The Balaban J connectivity index is 2.02. The topological polar surface area (TPSA) is 53.7 Å². The fourth-order valence-electron chi connectivity index (χ4n) is 1.67. The maximum absolute atomic E-state index is 11.0. The molecule has 0 bridgehead atoms. The maximum atomic E-state index is 11.0. The van der Waals surface area contributed by atoms with Crippen molar-refractivity contribution in [2.75, 3.05) is 18.1 Å². The summed E-state index contributed by atoms with van der Waals surface area (Å²) in [5.41, 5.74) is 1.04. The molecule has 1 fully saturated rings. The van der Waals surface area contributed by atoms with E-state index in [0.717, 1.165) is 17.9 Å². The zero-order valence-electron chi connectivity index (χ0n) is 8.26. The molecule has 0 spiro atoms. The molecule has 0 aliphatic carbocycles. The van der Waals surface area contributed by atoms with Crippen molar-refractivity contribution in [2.24, 2.45) is 0 Å². The first-order chi connectivity index (χ1) is 7.27. The van der Waals surface area contributed by atoms with Crippen LogP contribution in [0.4, 0.5) is 0 Å². The quantitative estimate of drug-likeness (QED) is 0.843. The minimum atomic E-state index is -0.731. The molecule has 1 unspecified atom stereocenters. The molecule has 1 aliphatic heterocycles. The van der Waals surface area contributed by atoms with Crippen LogP contribution in [0.2, 0.25) is 0 Å². The molecule has 1 aliphatic rings. The highest BCUT2D eigenvalue weighted by molar-refractivity contribution is 7.99. The van der Waals surface area contributed by atoms with Crippen LogP contribution in [0.15, 0.2) is 23.0 Å². The van der Waals surface area contributed by atoms with Crippen molar-refractivity contribution < 1.29 is 14.3 Å². The van der Waals surface area contributed by atoms with Gasteiger partial charge < -0.3 is 9.52 Å². The molecule has 1 aromatic heterocycles. The molecule has 2 heterocycles. The molecular formula is C10H13NO3S. The molecule has 82 valence electrons. The largest absolute Gasteiger partial charge is 0.480 e. The van der Waals surface area contributed by atoms with E-state index in [0.29, 0.717) is 12.3 Å². The molecule has 1 atom stereocenters. The van der Waals surface area contributed by atoms with Gasteiger partial charge in [-0.05, 0) is 6.07 Å². The summed E-state index contributed by atoms with van der Waals surface area (Å²) in [7, 11) is 0. The third-order valence-corrected chi connectivity index (χ3v) is 3.51. The van der Waals surface area contributed by atoms with Gasteiger partial charge in [-0.15, -0.1) is 0 Å². The number of thioether (sulfide) groups is 1. The number of rotatable bonds is 3. The number of carboxylic acids is 1. The lowest BCUT2D eigenvalue weighted by molar-refractivity contribution is -0.142. The van der Waals surface area contributed by atoms with Crippen molar-refractivity contribution in [3.8, 4) is 0 Å². The first-order valence-electron chi connectivity index (χ1n) is 4.83. The standard InChI is InChI=1S/C10H13NO3S/c12-10(13)9-7-15-4-2-11(9)5-8-1-3-14-6-8/h1,3,6,9H,2,4-5,7H2,(H,12,13). The monoisotopic (exact) mass is 227 g/mol. The second-order valence-electron chi connectivity index (χ2n) is 3.53. The predicted octanol–water partition coefficient (Wildman–Crippen LogP) is 1.28. The highest BCUT2D eigenvalue weighted by Crippen LogP contribution is 2.19. The summed E-state index contributed by atoms with van der Waals surface area (Å²) in [6.07, 6.45) is 3.28. The molecule has 0 aromatic carbocycles. The lowest BCUT2D eigenvalue weighted by Gasteiger charge is -2.31. The number of nitrogens with zero attached hydrogens (tertiary/aromatic N) is 1. The Morgan fingerprint density at radius 2 is 2.60 bits per heavy atom. The number of hydrogen-bond acceptors (Lipinski definition) is 4. The summed E-state index contributed by atoms with van der Waals surface area (Å²) in [5.74, 6) is 0.945. The summed E-state index contributed by atoms with van der Waals surface area (Å²) >= 11 is 1.70. The molecule has 1 N–H and O–H groups in total. The van der Waals surface area contributed by atoms with E-state index in [-0.39, 0.29) is 6.04 Å². The number of hydrogen-bond donors (Lipinski definition) is 1. The van der Waals surface area contributed by atoms with Crippen LogP contribution >= 0.6 is 11.8 Å². The highest BCUT2D eigenvalue weighted by atomic mass is 32.2. The summed E-state index contributed by atoms with van der Waals surface area (Å²) in [5, 5.41) is 9.06. The molecule has 15 heavy (non-hydrogen) atoms. The zero-order valence-corrected chi connectivity index (χ0v) is 9.07. The van der Waals surface area contributed by atoms with Crippen LogP contribution in [0.5, 0.6) is 0 Å². The van der Waals surface area contributed by atoms with E-state index in [1.54, 1.807) is 24.3 Å². The lowest BCUT2D eigenvalue weighted by Crippen LogP contribution is -2.46. The van der Waals surface area contributed by atoms with Crippen LogP contribution in [0.3, 0.4) is 0 Å². The zero-order chi connectivity index (χ0) is 10.7. The van der Waals surface area contributed by atoms with Crippen LogP contribution in [0.1, 0.15) is 5.56 Å². The van der Waals surface area contributed by atoms with Gasteiger partial charge in [0.05, 0.1) is 12.5 Å². The van der Waals surface area contributed by atoms with Gasteiger partial charge >= 0.3 is 5.97 Å². The fraction of sp³-hybridized carbons (Fsp3) is 0.500. The Bertz CT molecular complexity index is 325. The molecule has 0 radical (unpaired) electrons. The third-order valence-electron chi connectivity index (χ3n) is 2.49. The van der Waals surface area contributed by atoms with Gasteiger partial charge in [-0.1, -0.05) is 0 Å². The van der Waals surface area contributed by atoms with E-state index in [9.17, 15) is 4.79 Å². The Labute approximate surface area is 92.2 Å². The van der Waals surface area contributed by atoms with Gasteiger partial charge in [0.2, 0.25) is 0 Å². The average molecular weight is 227 g/mol. The maximum Gasteiger partial charge on any atom is 0.321 e. The van der Waals surface area contributed by atoms with E-state index in [1.165, 1.54) is 0 Å². The van der Waals surface area contributed by atoms with Crippen LogP contribution in [0.25, 0.3) is 0 Å². The first-order valence-corrected chi connectivity index (χ1v) is 5.98. The van der Waals surface area contributed by atoms with Gasteiger partial charge in [-0.2, -0.15) is 11.8 Å². The van der Waals surface area contributed by atoms with Crippen molar-refractivity contribution in [1.29, 1.82) is 0 Å². The Morgan fingerprint density at radius 1 is 1.73 bits per heavy atom. The number of aliphatic carboxylic acids is 1. The summed E-state index contributed by atoms with van der Waals surface area (Å²) in [6.45, 7) is 1.49. The second-order valence-corrected chi connectivity index (χ2v) is 4.68. The van der Waals surface area contributed by atoms with Crippen molar-refractivity contribution in [3.63, 3.8) is 0 Å². The van der Waals surface area contributed by atoms with E-state index in [4.69, 9.17) is 9.52 Å². The van der Waals surface area contributed by atoms with Gasteiger partial charge in [-0.3, -0.25) is 9.69 Å². The molecule has 2 rings (SSSR count). The highest BCUT2D eigenvalue weighted by Gasteiger charge is 2.28. The van der Waals surface area contributed by atoms with Gasteiger partial charge in [0.1, 0.15) is 6.04 Å². The van der Waals surface area contributed by atoms with E-state index in [1.807, 2.05) is 11.0 Å². The van der Waals surface area contributed by atoms with Crippen LogP contribution in [-0.2, 0) is 11.3 Å². The molecule has 1 saturated heterocycles. The fourth-order valence-corrected chi connectivity index (χ4v) is 2.78. The molecule has 5 heteroatoms. The van der Waals surface area contributed by atoms with Crippen molar-refractivity contribution in [2.45, 2.75) is 12.6 Å². The molecular weight excluding hydrogens is 214 g/mol. The summed E-state index contributed by atoms with van der Waals surface area (Å²) in [4.78, 5) is 13.0. The average Bonchev–Trinajstić information content (AvgIpc) is 2.71. The molecule has 0 saturated carbocycles. The minimum absolute atomic E-state index is 0.362. The second kappa shape index (κ2) is 4.72. The van der Waals surface area contributed by atoms with Gasteiger partial charge in [0.15, 0.2) is 0 Å². The van der Waals surface area contributed by atoms with Gasteiger partial charge in [0, 0.05) is 30.2 Å². The van der Waals surface area contributed by atoms with Crippen LogP contribution in [-0.4, -0.2) is 40.1 Å². The molecule has 1 aromatic rings. The smallest absolute Gasteiger partial charge is 0.321 e. The number of carbonyl (C=O) groups is 1. The first kappa shape index (κ1) is 10.6. The summed E-state index contributed by atoms with van der Waals surface area (Å²) in [6, 6.07) is 1.51. The summed E-state index contributed by atoms with van der Waals surface area (Å²) < 4.78 is 4.97. The van der Waals surface area contributed by atoms with E-state index in [2.05, 4.69) is 0 Å². The number of carboxylic acid groups (broad SMARTS) is 1. The van der Waals surface area contributed by atoms with Crippen molar-refractivity contribution in [1.82, 2.24) is 4.90 Å². The van der Waals surface area contributed by atoms with Crippen molar-refractivity contribution in [3.05, 3.63) is 24.2 Å². The third kappa shape index (κ3) is 2.54. The van der Waals surface area contributed by atoms with Gasteiger partial charge in [0.25, 0.3) is 0 Å². The van der Waals surface area contributed by atoms with Crippen LogP contribution in [0, 0.1) is 0 Å². The van der Waals surface area contributed by atoms with Gasteiger partial charge in [-0.25, -0.2) is 0 Å². The minimum Gasteiger partial charge on any atom is -0.480 e. The van der Waals surface area contributed by atoms with Crippen molar-refractivity contribution >= 4 is 17.7 Å². The normalized spacial score (nSPS) is 22.8. The number of furan rings is 1. The van der Waals surface area contributed by atoms with Crippen LogP contribution < -0.4 is 0 Å². The Morgan fingerprint density at radius 3 is 3.27 bits per heavy atom. The SMILES string of the molecule is O=C(O)C1CSCCN1Cc1ccoc1. The lowest BCUT2D eigenvalue weighted by atomic mass is 10.2. The van der Waals surface area contributed by atoms with E-state index < -0.39 is 5.97 Å². The Kier molecular flexibility index (Phi) is 3.33. The Hall–Kier alpha value is -0.940. The molecule has 4 nitrogen and oxygen atoms in total. The van der Waals surface area contributed by atoms with E-state index >= 15 is 0 Å². The molecule has 0 amide bonds. The predicted molar refractivity (Wildman–Crippen MR) is 57.9 cm³/mol.